The Balaban J connectivity index is 1.79. The molecule has 0 saturated carbocycles. The summed E-state index contributed by atoms with van der Waals surface area (Å²) in [4.78, 5) is 16.9. The molecule has 1 aromatic heterocycles. The van der Waals surface area contributed by atoms with E-state index in [1.165, 1.54) is 0 Å². The van der Waals surface area contributed by atoms with Gasteiger partial charge in [0.05, 0.1) is 12.6 Å². The quantitative estimate of drug-likeness (QED) is 0.782. The minimum Gasteiger partial charge on any atom is -0.363 e. The lowest BCUT2D eigenvalue weighted by Gasteiger charge is -2.14. The highest BCUT2D eigenvalue weighted by Crippen LogP contribution is 2.24. The molecule has 2 amide bonds. The van der Waals surface area contributed by atoms with E-state index in [-0.39, 0.29) is 12.1 Å². The van der Waals surface area contributed by atoms with Crippen molar-refractivity contribution in [3.05, 3.63) is 53.9 Å². The van der Waals surface area contributed by atoms with Crippen LogP contribution in [-0.2, 0) is 6.54 Å². The van der Waals surface area contributed by atoms with Gasteiger partial charge in [-0.2, -0.15) is 0 Å². The van der Waals surface area contributed by atoms with Crippen molar-refractivity contribution in [2.45, 2.75) is 12.6 Å². The molecule has 0 spiro atoms. The lowest BCUT2D eigenvalue weighted by molar-refractivity contribution is 0.251. The van der Waals surface area contributed by atoms with Crippen LogP contribution in [0.2, 0.25) is 0 Å². The van der Waals surface area contributed by atoms with Gasteiger partial charge in [-0.3, -0.25) is 4.90 Å². The maximum absolute atomic E-state index is 12.0. The molecule has 0 bridgehead atoms. The van der Waals surface area contributed by atoms with Gasteiger partial charge in [-0.25, -0.2) is 4.79 Å². The molecule has 1 saturated heterocycles. The molecule has 0 radical (unpaired) electrons. The maximum atomic E-state index is 12.0. The molecule has 2 aromatic rings. The molecule has 1 aliphatic rings. The summed E-state index contributed by atoms with van der Waals surface area (Å²) in [5.41, 5.74) is 8.54. The second kappa shape index (κ2) is 4.78. The average molecular weight is 256 g/mol. The van der Waals surface area contributed by atoms with Gasteiger partial charge in [0.25, 0.3) is 0 Å². The van der Waals surface area contributed by atoms with E-state index < -0.39 is 0 Å². The second-order valence-corrected chi connectivity index (χ2v) is 4.61. The number of carbonyl (C=O) groups excluding carboxylic acids is 1. The van der Waals surface area contributed by atoms with Crippen LogP contribution in [0.3, 0.4) is 0 Å². The molecular weight excluding hydrogens is 240 g/mol. The van der Waals surface area contributed by atoms with Crippen molar-refractivity contribution in [1.29, 1.82) is 0 Å². The van der Waals surface area contributed by atoms with Gasteiger partial charge in [0.1, 0.15) is 0 Å². The van der Waals surface area contributed by atoms with Crippen LogP contribution in [-0.4, -0.2) is 17.6 Å². The number of amides is 2. The van der Waals surface area contributed by atoms with Crippen LogP contribution in [0.5, 0.6) is 0 Å². The van der Waals surface area contributed by atoms with Crippen LogP contribution >= 0.6 is 0 Å². The Morgan fingerprint density at radius 1 is 1.26 bits per heavy atom. The Labute approximate surface area is 111 Å². The molecule has 1 unspecified atom stereocenters. The molecule has 0 aliphatic carbocycles. The fourth-order valence-corrected chi connectivity index (χ4v) is 2.31. The third-order valence-electron chi connectivity index (χ3n) is 3.39. The molecule has 1 fully saturated rings. The fraction of sp³-hybridized carbons (Fsp3) is 0.214. The van der Waals surface area contributed by atoms with Crippen molar-refractivity contribution in [3.63, 3.8) is 0 Å². The molecular formula is C14H16N4O. The lowest BCUT2D eigenvalue weighted by atomic mass is 10.2. The second-order valence-electron chi connectivity index (χ2n) is 4.61. The molecule has 5 nitrogen and oxygen atoms in total. The van der Waals surface area contributed by atoms with Gasteiger partial charge in [-0.15, -0.1) is 0 Å². The van der Waals surface area contributed by atoms with E-state index in [4.69, 9.17) is 5.73 Å². The lowest BCUT2D eigenvalue weighted by Crippen LogP contribution is -2.27. The number of H-pyrrole nitrogens is 1. The SMILES string of the molecule is NCc1ccc(N2CC(c3ccc[nH]3)NC2=O)cc1. The highest BCUT2D eigenvalue weighted by molar-refractivity contribution is 5.94. The zero-order valence-corrected chi connectivity index (χ0v) is 10.5. The first-order valence-electron chi connectivity index (χ1n) is 6.28. The predicted molar refractivity (Wildman–Crippen MR) is 73.7 cm³/mol. The number of aromatic nitrogens is 1. The van der Waals surface area contributed by atoms with Gasteiger partial charge < -0.3 is 16.0 Å². The molecule has 4 N–H and O–H groups in total. The molecule has 98 valence electrons. The van der Waals surface area contributed by atoms with Crippen LogP contribution < -0.4 is 16.0 Å². The summed E-state index contributed by atoms with van der Waals surface area (Å²) in [6, 6.07) is 11.6. The molecule has 3 rings (SSSR count). The van der Waals surface area contributed by atoms with Crippen molar-refractivity contribution in [1.82, 2.24) is 10.3 Å². The zero-order valence-electron chi connectivity index (χ0n) is 10.5. The maximum Gasteiger partial charge on any atom is 0.322 e. The zero-order chi connectivity index (χ0) is 13.2. The smallest absolute Gasteiger partial charge is 0.322 e. The number of nitrogens with one attached hydrogen (secondary N) is 2. The average Bonchev–Trinajstić information content (AvgIpc) is 3.08. The summed E-state index contributed by atoms with van der Waals surface area (Å²) < 4.78 is 0. The highest BCUT2D eigenvalue weighted by Gasteiger charge is 2.31. The summed E-state index contributed by atoms with van der Waals surface area (Å²) in [6.07, 6.45) is 1.86. The van der Waals surface area contributed by atoms with Crippen LogP contribution in [0.25, 0.3) is 0 Å². The van der Waals surface area contributed by atoms with Crippen LogP contribution in [0.15, 0.2) is 42.6 Å². The Morgan fingerprint density at radius 3 is 2.68 bits per heavy atom. The van der Waals surface area contributed by atoms with Crippen LogP contribution in [0.1, 0.15) is 17.3 Å². The minimum atomic E-state index is -0.0694. The number of carbonyl (C=O) groups is 1. The number of rotatable bonds is 3. The summed E-state index contributed by atoms with van der Waals surface area (Å²) >= 11 is 0. The van der Waals surface area contributed by atoms with E-state index in [0.29, 0.717) is 13.1 Å². The summed E-state index contributed by atoms with van der Waals surface area (Å²) in [6.45, 7) is 1.14. The molecule has 2 heterocycles. The first-order chi connectivity index (χ1) is 9.28. The van der Waals surface area contributed by atoms with E-state index in [1.807, 2.05) is 42.6 Å². The molecule has 1 aromatic carbocycles. The number of hydrogen-bond donors (Lipinski definition) is 3. The fourth-order valence-electron chi connectivity index (χ4n) is 2.31. The van der Waals surface area contributed by atoms with Crippen molar-refractivity contribution < 1.29 is 4.79 Å². The van der Waals surface area contributed by atoms with Gasteiger partial charge in [-0.05, 0) is 29.8 Å². The first kappa shape index (κ1) is 11.8. The number of urea groups is 1. The molecule has 1 aliphatic heterocycles. The van der Waals surface area contributed by atoms with E-state index in [9.17, 15) is 4.79 Å². The van der Waals surface area contributed by atoms with E-state index in [1.54, 1.807) is 4.90 Å². The predicted octanol–water partition coefficient (Wildman–Crippen LogP) is 1.74. The number of aromatic amines is 1. The van der Waals surface area contributed by atoms with E-state index in [0.717, 1.165) is 16.9 Å². The number of nitrogens with two attached hydrogens (primary N) is 1. The van der Waals surface area contributed by atoms with Crippen molar-refractivity contribution in [2.24, 2.45) is 5.73 Å². The van der Waals surface area contributed by atoms with Crippen LogP contribution in [0, 0.1) is 0 Å². The van der Waals surface area contributed by atoms with Gasteiger partial charge in [-0.1, -0.05) is 12.1 Å². The topological polar surface area (TPSA) is 74.2 Å². The van der Waals surface area contributed by atoms with E-state index in [2.05, 4.69) is 10.3 Å². The monoisotopic (exact) mass is 256 g/mol. The third kappa shape index (κ3) is 2.20. The van der Waals surface area contributed by atoms with E-state index >= 15 is 0 Å². The largest absolute Gasteiger partial charge is 0.363 e. The normalized spacial score (nSPS) is 18.7. The molecule has 5 heteroatoms. The Bertz CT molecular complexity index is 562. The van der Waals surface area contributed by atoms with Crippen molar-refractivity contribution in [3.8, 4) is 0 Å². The number of hydrogen-bond acceptors (Lipinski definition) is 2. The number of anilines is 1. The Morgan fingerprint density at radius 2 is 2.05 bits per heavy atom. The highest BCUT2D eigenvalue weighted by atomic mass is 16.2. The minimum absolute atomic E-state index is 0.0108. The summed E-state index contributed by atoms with van der Waals surface area (Å²) in [5, 5.41) is 2.96. The summed E-state index contributed by atoms with van der Waals surface area (Å²) in [7, 11) is 0. The van der Waals surface area contributed by atoms with Gasteiger partial charge >= 0.3 is 6.03 Å². The first-order valence-corrected chi connectivity index (χ1v) is 6.28. The Hall–Kier alpha value is -2.27. The third-order valence-corrected chi connectivity index (χ3v) is 3.39. The Kier molecular flexibility index (Phi) is 2.97. The number of benzene rings is 1. The number of nitrogens with zero attached hydrogens (tertiary/aromatic N) is 1. The molecule has 19 heavy (non-hydrogen) atoms. The van der Waals surface area contributed by atoms with Crippen molar-refractivity contribution >= 4 is 11.7 Å². The van der Waals surface area contributed by atoms with Crippen LogP contribution in [0.4, 0.5) is 10.5 Å². The molecule has 1 atom stereocenters. The van der Waals surface area contributed by atoms with Gasteiger partial charge in [0, 0.05) is 24.1 Å². The summed E-state index contributed by atoms with van der Waals surface area (Å²) in [5.74, 6) is 0. The standard InChI is InChI=1S/C14H16N4O/c15-8-10-3-5-11(6-4-10)18-9-13(17-14(18)19)12-2-1-7-16-12/h1-7,13,16H,8-9,15H2,(H,17,19). The van der Waals surface area contributed by atoms with Gasteiger partial charge in [0.15, 0.2) is 0 Å². The van der Waals surface area contributed by atoms with Gasteiger partial charge in [0.2, 0.25) is 0 Å². The van der Waals surface area contributed by atoms with Crippen molar-refractivity contribution in [2.75, 3.05) is 11.4 Å².